The van der Waals surface area contributed by atoms with Crippen LogP contribution in [0.15, 0.2) is 61.2 Å². The third-order valence-electron chi connectivity index (χ3n) is 4.30. The molecule has 3 heteroatoms. The minimum absolute atomic E-state index is 0.359. The number of carbonyl (C=O) groups excluding carboxylic acids is 1. The molecule has 0 saturated heterocycles. The summed E-state index contributed by atoms with van der Waals surface area (Å²) in [7, 11) is 0. The van der Waals surface area contributed by atoms with E-state index in [1.807, 2.05) is 50.2 Å². The molecule has 0 N–H and O–H groups in total. The monoisotopic (exact) mass is 319 g/mol. The summed E-state index contributed by atoms with van der Waals surface area (Å²) in [5.41, 5.74) is 0.852. The smallest absolute Gasteiger partial charge is 0.410 e. The van der Waals surface area contributed by atoms with Crippen molar-refractivity contribution in [2.75, 3.05) is 13.1 Å². The van der Waals surface area contributed by atoms with Crippen LogP contribution in [0.4, 0.5) is 4.79 Å². The van der Waals surface area contributed by atoms with Gasteiger partial charge in [0, 0.05) is 18.7 Å². The lowest BCUT2D eigenvalue weighted by Crippen LogP contribution is -2.30. The molecule has 0 heterocycles. The number of amides is 1. The highest BCUT2D eigenvalue weighted by molar-refractivity contribution is 6.11. The van der Waals surface area contributed by atoms with E-state index in [4.69, 9.17) is 4.74 Å². The SMILES string of the molecule is C=C(OC(=O)N(CC)CC)c1cc2ccccc2c2ccccc12. The van der Waals surface area contributed by atoms with Crippen molar-refractivity contribution in [1.29, 1.82) is 0 Å². The number of nitrogens with zero attached hydrogens (tertiary/aromatic N) is 1. The van der Waals surface area contributed by atoms with Gasteiger partial charge in [-0.05, 0) is 41.5 Å². The topological polar surface area (TPSA) is 29.5 Å². The number of fused-ring (bicyclic) bond motifs is 3. The van der Waals surface area contributed by atoms with Crippen LogP contribution >= 0.6 is 0 Å². The maximum atomic E-state index is 12.2. The van der Waals surface area contributed by atoms with Crippen LogP contribution in [-0.2, 0) is 4.74 Å². The molecule has 0 aliphatic carbocycles. The second kappa shape index (κ2) is 6.75. The molecule has 0 unspecified atom stereocenters. The van der Waals surface area contributed by atoms with Crippen LogP contribution in [0.2, 0.25) is 0 Å². The molecule has 3 aromatic rings. The van der Waals surface area contributed by atoms with Gasteiger partial charge in [-0.25, -0.2) is 4.79 Å². The fourth-order valence-electron chi connectivity index (χ4n) is 2.99. The van der Waals surface area contributed by atoms with E-state index in [9.17, 15) is 4.79 Å². The predicted molar refractivity (Wildman–Crippen MR) is 99.9 cm³/mol. The normalized spacial score (nSPS) is 10.8. The Morgan fingerprint density at radius 3 is 2.21 bits per heavy atom. The van der Waals surface area contributed by atoms with Crippen molar-refractivity contribution in [2.24, 2.45) is 0 Å². The van der Waals surface area contributed by atoms with Crippen molar-refractivity contribution in [3.05, 3.63) is 66.7 Å². The van der Waals surface area contributed by atoms with Gasteiger partial charge in [0.2, 0.25) is 0 Å². The lowest BCUT2D eigenvalue weighted by Gasteiger charge is -2.19. The molecule has 0 aliphatic rings. The van der Waals surface area contributed by atoms with E-state index in [1.54, 1.807) is 4.90 Å². The second-order valence-corrected chi connectivity index (χ2v) is 5.65. The first-order valence-electron chi connectivity index (χ1n) is 8.22. The molecule has 0 radical (unpaired) electrons. The molecule has 0 saturated carbocycles. The third kappa shape index (κ3) is 2.85. The Balaban J connectivity index is 2.08. The lowest BCUT2D eigenvalue weighted by atomic mass is 9.96. The standard InChI is InChI=1S/C21H21NO2/c1-4-22(5-2)21(23)24-15(3)20-14-16-10-6-7-11-17(16)18-12-8-9-13-19(18)20/h6-14H,3-5H2,1-2H3. The van der Waals surface area contributed by atoms with Crippen LogP contribution in [-0.4, -0.2) is 24.1 Å². The Hall–Kier alpha value is -2.81. The van der Waals surface area contributed by atoms with E-state index in [0.717, 1.165) is 21.7 Å². The summed E-state index contributed by atoms with van der Waals surface area (Å²) in [5, 5.41) is 4.45. The van der Waals surface area contributed by atoms with Crippen LogP contribution < -0.4 is 0 Å². The zero-order valence-corrected chi connectivity index (χ0v) is 14.1. The molecular formula is C21H21NO2. The largest absolute Gasteiger partial charge is 0.415 e. The van der Waals surface area contributed by atoms with Gasteiger partial charge >= 0.3 is 6.09 Å². The molecule has 122 valence electrons. The Kier molecular flexibility index (Phi) is 4.52. The van der Waals surface area contributed by atoms with Crippen LogP contribution in [0, 0.1) is 0 Å². The third-order valence-corrected chi connectivity index (χ3v) is 4.30. The average molecular weight is 319 g/mol. The minimum atomic E-state index is -0.359. The number of carbonyl (C=O) groups is 1. The zero-order valence-electron chi connectivity index (χ0n) is 14.1. The number of benzene rings is 3. The molecule has 0 spiro atoms. The number of ether oxygens (including phenoxy) is 1. The average Bonchev–Trinajstić information content (AvgIpc) is 2.62. The quantitative estimate of drug-likeness (QED) is 0.473. The molecule has 3 nitrogen and oxygen atoms in total. The Labute approximate surface area is 142 Å². The Morgan fingerprint density at radius 2 is 1.54 bits per heavy atom. The van der Waals surface area contributed by atoms with E-state index < -0.39 is 0 Å². The van der Waals surface area contributed by atoms with Crippen molar-refractivity contribution < 1.29 is 9.53 Å². The fraction of sp³-hybridized carbons (Fsp3) is 0.190. The van der Waals surface area contributed by atoms with E-state index in [0.29, 0.717) is 18.8 Å². The van der Waals surface area contributed by atoms with Crippen LogP contribution in [0.5, 0.6) is 0 Å². The maximum absolute atomic E-state index is 12.2. The molecule has 3 rings (SSSR count). The van der Waals surface area contributed by atoms with E-state index in [-0.39, 0.29) is 6.09 Å². The summed E-state index contributed by atoms with van der Waals surface area (Å²) in [5.74, 6) is 0.383. The second-order valence-electron chi connectivity index (χ2n) is 5.65. The van der Waals surface area contributed by atoms with Gasteiger partial charge in [-0.3, -0.25) is 0 Å². The predicted octanol–water partition coefficient (Wildman–Crippen LogP) is 5.44. The first kappa shape index (κ1) is 16.1. The molecule has 24 heavy (non-hydrogen) atoms. The van der Waals surface area contributed by atoms with Crippen LogP contribution in [0.3, 0.4) is 0 Å². The molecule has 1 amide bonds. The molecule has 0 aliphatic heterocycles. The number of rotatable bonds is 4. The Morgan fingerprint density at radius 1 is 0.958 bits per heavy atom. The lowest BCUT2D eigenvalue weighted by molar-refractivity contribution is 0.148. The van der Waals surface area contributed by atoms with Gasteiger partial charge in [0.25, 0.3) is 0 Å². The summed E-state index contributed by atoms with van der Waals surface area (Å²) in [6, 6.07) is 18.4. The van der Waals surface area contributed by atoms with Crippen LogP contribution in [0.1, 0.15) is 19.4 Å². The highest BCUT2D eigenvalue weighted by atomic mass is 16.6. The molecule has 0 bridgehead atoms. The molecule has 0 aromatic heterocycles. The summed E-state index contributed by atoms with van der Waals surface area (Å²) in [6.45, 7) is 9.09. The first-order chi connectivity index (χ1) is 11.7. The van der Waals surface area contributed by atoms with Gasteiger partial charge in [-0.2, -0.15) is 0 Å². The first-order valence-corrected chi connectivity index (χ1v) is 8.22. The highest BCUT2D eigenvalue weighted by Crippen LogP contribution is 2.32. The summed E-state index contributed by atoms with van der Waals surface area (Å²) in [6.07, 6.45) is -0.359. The zero-order chi connectivity index (χ0) is 17.1. The fourth-order valence-corrected chi connectivity index (χ4v) is 2.99. The van der Waals surface area contributed by atoms with Crippen molar-refractivity contribution in [3.63, 3.8) is 0 Å². The van der Waals surface area contributed by atoms with Crippen molar-refractivity contribution in [3.8, 4) is 0 Å². The molecule has 3 aromatic carbocycles. The number of hydrogen-bond acceptors (Lipinski definition) is 2. The van der Waals surface area contributed by atoms with E-state index in [1.165, 1.54) is 5.39 Å². The Bertz CT molecular complexity index is 910. The van der Waals surface area contributed by atoms with Crippen LogP contribution in [0.25, 0.3) is 27.3 Å². The minimum Gasteiger partial charge on any atom is -0.410 e. The van der Waals surface area contributed by atoms with E-state index in [2.05, 4.69) is 24.8 Å². The van der Waals surface area contributed by atoms with Gasteiger partial charge < -0.3 is 9.64 Å². The van der Waals surface area contributed by atoms with Crippen molar-refractivity contribution >= 4 is 33.4 Å². The van der Waals surface area contributed by atoms with Gasteiger partial charge in [-0.15, -0.1) is 0 Å². The number of hydrogen-bond donors (Lipinski definition) is 0. The van der Waals surface area contributed by atoms with Gasteiger partial charge in [0.05, 0.1) is 0 Å². The highest BCUT2D eigenvalue weighted by Gasteiger charge is 2.16. The summed E-state index contributed by atoms with van der Waals surface area (Å²) >= 11 is 0. The van der Waals surface area contributed by atoms with Gasteiger partial charge in [0.15, 0.2) is 0 Å². The van der Waals surface area contributed by atoms with Gasteiger partial charge in [-0.1, -0.05) is 55.1 Å². The van der Waals surface area contributed by atoms with Crippen molar-refractivity contribution in [2.45, 2.75) is 13.8 Å². The van der Waals surface area contributed by atoms with Gasteiger partial charge in [0.1, 0.15) is 5.76 Å². The van der Waals surface area contributed by atoms with E-state index >= 15 is 0 Å². The summed E-state index contributed by atoms with van der Waals surface area (Å²) in [4.78, 5) is 13.9. The maximum Gasteiger partial charge on any atom is 0.415 e. The molecular weight excluding hydrogens is 298 g/mol. The van der Waals surface area contributed by atoms with Crippen molar-refractivity contribution in [1.82, 2.24) is 4.90 Å². The molecule has 0 atom stereocenters. The molecule has 0 fully saturated rings. The summed E-state index contributed by atoms with van der Waals surface area (Å²) < 4.78 is 5.53.